The fourth-order valence-corrected chi connectivity index (χ4v) is 5.32. The summed E-state index contributed by atoms with van der Waals surface area (Å²) in [5.41, 5.74) is 0. The van der Waals surface area contributed by atoms with Gasteiger partial charge in [0.1, 0.15) is 6.10 Å². The van der Waals surface area contributed by atoms with Crippen molar-refractivity contribution in [1.29, 1.82) is 0 Å². The van der Waals surface area contributed by atoms with Crippen LogP contribution in [0.2, 0.25) is 0 Å². The van der Waals surface area contributed by atoms with Crippen molar-refractivity contribution in [3.63, 3.8) is 0 Å². The number of esters is 1. The van der Waals surface area contributed by atoms with Gasteiger partial charge in [-0.3, -0.25) is 4.79 Å². The largest absolute Gasteiger partial charge is 0.462 e. The van der Waals surface area contributed by atoms with E-state index in [1.54, 1.807) is 0 Å². The summed E-state index contributed by atoms with van der Waals surface area (Å²) in [6.07, 6.45) is 41.7. The van der Waals surface area contributed by atoms with E-state index in [4.69, 9.17) is 4.74 Å². The smallest absolute Gasteiger partial charge is 0.306 e. The maximum atomic E-state index is 12.5. The van der Waals surface area contributed by atoms with Crippen molar-refractivity contribution in [2.24, 2.45) is 0 Å². The molecule has 0 rings (SSSR count). The summed E-state index contributed by atoms with van der Waals surface area (Å²) < 4.78 is 5.93. The van der Waals surface area contributed by atoms with Crippen LogP contribution in [-0.4, -0.2) is 12.1 Å². The number of carbonyl (C=O) groups is 1. The first-order valence-corrected chi connectivity index (χ1v) is 17.6. The topological polar surface area (TPSA) is 26.3 Å². The van der Waals surface area contributed by atoms with E-state index < -0.39 is 0 Å². The highest BCUT2D eigenvalue weighted by molar-refractivity contribution is 5.69. The third-order valence-corrected chi connectivity index (χ3v) is 7.95. The van der Waals surface area contributed by atoms with Crippen LogP contribution >= 0.6 is 0 Å². The highest BCUT2D eigenvalue weighted by Gasteiger charge is 2.13. The number of rotatable bonds is 31. The Morgan fingerprint density at radius 3 is 1.37 bits per heavy atom. The molecule has 226 valence electrons. The molecule has 0 aromatic rings. The van der Waals surface area contributed by atoms with Crippen molar-refractivity contribution in [1.82, 2.24) is 0 Å². The van der Waals surface area contributed by atoms with Crippen molar-refractivity contribution < 1.29 is 9.53 Å². The SMILES string of the molecule is CCCCCCCCC=CCC(CCCCCC)OC(=O)CCCCCCCCCCCCCCCCC. The summed E-state index contributed by atoms with van der Waals surface area (Å²) in [6, 6.07) is 0. The summed E-state index contributed by atoms with van der Waals surface area (Å²) in [5.74, 6) is 0.0320. The van der Waals surface area contributed by atoms with Gasteiger partial charge in [-0.2, -0.15) is 0 Å². The van der Waals surface area contributed by atoms with E-state index in [2.05, 4.69) is 32.9 Å². The van der Waals surface area contributed by atoms with Crippen LogP contribution in [0.3, 0.4) is 0 Å². The number of carbonyl (C=O) groups excluding carboxylic acids is 1. The Hall–Kier alpha value is -0.790. The first kappa shape index (κ1) is 37.2. The maximum absolute atomic E-state index is 12.5. The zero-order valence-corrected chi connectivity index (χ0v) is 26.6. The first-order chi connectivity index (χ1) is 18.7. The minimum Gasteiger partial charge on any atom is -0.462 e. The summed E-state index contributed by atoms with van der Waals surface area (Å²) in [5, 5.41) is 0. The zero-order chi connectivity index (χ0) is 27.8. The van der Waals surface area contributed by atoms with Crippen molar-refractivity contribution in [2.75, 3.05) is 0 Å². The summed E-state index contributed by atoms with van der Waals surface area (Å²) in [7, 11) is 0. The van der Waals surface area contributed by atoms with Gasteiger partial charge in [0.2, 0.25) is 0 Å². The van der Waals surface area contributed by atoms with Crippen LogP contribution in [0.15, 0.2) is 12.2 Å². The second kappa shape index (κ2) is 32.4. The Bertz CT molecular complexity index is 484. The van der Waals surface area contributed by atoms with E-state index in [0.717, 1.165) is 19.3 Å². The molecule has 0 amide bonds. The van der Waals surface area contributed by atoms with Gasteiger partial charge in [0, 0.05) is 12.8 Å². The highest BCUT2D eigenvalue weighted by atomic mass is 16.5. The molecule has 0 aliphatic heterocycles. The third-order valence-electron chi connectivity index (χ3n) is 7.95. The van der Waals surface area contributed by atoms with Crippen molar-refractivity contribution in [3.05, 3.63) is 12.2 Å². The van der Waals surface area contributed by atoms with Gasteiger partial charge in [-0.25, -0.2) is 0 Å². The normalized spacial score (nSPS) is 12.4. The van der Waals surface area contributed by atoms with Gasteiger partial charge in [0.15, 0.2) is 0 Å². The fraction of sp³-hybridized carbons (Fsp3) is 0.917. The standard InChI is InChI=1S/C36H70O2/c1-4-7-10-13-15-17-18-19-20-21-22-24-26-28-31-34-36(37)38-35(32-29-12-9-6-3)33-30-27-25-23-16-14-11-8-5-2/h27,30,35H,4-26,28-29,31-34H2,1-3H3. The van der Waals surface area contributed by atoms with Crippen molar-refractivity contribution in [2.45, 2.75) is 213 Å². The molecule has 2 heteroatoms. The first-order valence-electron chi connectivity index (χ1n) is 17.6. The molecule has 0 aromatic carbocycles. The number of allylic oxidation sites excluding steroid dienone is 1. The molecule has 0 spiro atoms. The van der Waals surface area contributed by atoms with Gasteiger partial charge in [0.05, 0.1) is 0 Å². The average molecular weight is 535 g/mol. The predicted molar refractivity (Wildman–Crippen MR) is 170 cm³/mol. The molecule has 0 aromatic heterocycles. The number of hydrogen-bond donors (Lipinski definition) is 0. The fourth-order valence-electron chi connectivity index (χ4n) is 5.32. The molecule has 0 aliphatic carbocycles. The Morgan fingerprint density at radius 1 is 0.500 bits per heavy atom. The van der Waals surface area contributed by atoms with Crippen LogP contribution in [0, 0.1) is 0 Å². The summed E-state index contributed by atoms with van der Waals surface area (Å²) in [4.78, 5) is 12.5. The monoisotopic (exact) mass is 535 g/mol. The van der Waals surface area contributed by atoms with Gasteiger partial charge >= 0.3 is 5.97 Å². The second-order valence-corrected chi connectivity index (χ2v) is 11.9. The van der Waals surface area contributed by atoms with E-state index in [1.807, 2.05) is 0 Å². The zero-order valence-electron chi connectivity index (χ0n) is 26.6. The lowest BCUT2D eigenvalue weighted by molar-refractivity contribution is -0.149. The molecule has 0 aliphatic rings. The lowest BCUT2D eigenvalue weighted by atomic mass is 10.0. The minimum absolute atomic E-state index is 0.0320. The average Bonchev–Trinajstić information content (AvgIpc) is 2.92. The molecule has 38 heavy (non-hydrogen) atoms. The van der Waals surface area contributed by atoms with Crippen molar-refractivity contribution in [3.8, 4) is 0 Å². The molecule has 0 heterocycles. The Balaban J connectivity index is 3.81. The Kier molecular flexibility index (Phi) is 31.7. The van der Waals surface area contributed by atoms with E-state index in [1.165, 1.54) is 161 Å². The summed E-state index contributed by atoms with van der Waals surface area (Å²) >= 11 is 0. The van der Waals surface area contributed by atoms with Crippen LogP contribution in [0.25, 0.3) is 0 Å². The van der Waals surface area contributed by atoms with E-state index in [-0.39, 0.29) is 12.1 Å². The second-order valence-electron chi connectivity index (χ2n) is 11.9. The number of unbranched alkanes of at least 4 members (excludes halogenated alkanes) is 23. The summed E-state index contributed by atoms with van der Waals surface area (Å²) in [6.45, 7) is 6.81. The van der Waals surface area contributed by atoms with Gasteiger partial charge in [-0.1, -0.05) is 174 Å². The molecule has 1 unspecified atom stereocenters. The molecule has 0 saturated carbocycles. The highest BCUT2D eigenvalue weighted by Crippen LogP contribution is 2.16. The molecule has 0 N–H and O–H groups in total. The Morgan fingerprint density at radius 2 is 0.895 bits per heavy atom. The van der Waals surface area contributed by atoms with Gasteiger partial charge in [-0.05, 0) is 32.1 Å². The third kappa shape index (κ3) is 29.8. The lowest BCUT2D eigenvalue weighted by Gasteiger charge is -2.16. The van der Waals surface area contributed by atoms with Crippen LogP contribution in [0.5, 0.6) is 0 Å². The quantitative estimate of drug-likeness (QED) is 0.0502. The lowest BCUT2D eigenvalue weighted by Crippen LogP contribution is -2.17. The molecule has 0 fully saturated rings. The maximum Gasteiger partial charge on any atom is 0.306 e. The number of hydrogen-bond acceptors (Lipinski definition) is 2. The minimum atomic E-state index is 0.0320. The van der Waals surface area contributed by atoms with Crippen LogP contribution in [0.4, 0.5) is 0 Å². The van der Waals surface area contributed by atoms with Crippen molar-refractivity contribution >= 4 is 5.97 Å². The van der Waals surface area contributed by atoms with Crippen LogP contribution in [0.1, 0.15) is 207 Å². The molecule has 0 bridgehead atoms. The van der Waals surface area contributed by atoms with E-state index in [0.29, 0.717) is 6.42 Å². The molecule has 0 radical (unpaired) electrons. The molecular formula is C36H70O2. The van der Waals surface area contributed by atoms with Gasteiger partial charge in [-0.15, -0.1) is 0 Å². The van der Waals surface area contributed by atoms with Gasteiger partial charge < -0.3 is 4.74 Å². The van der Waals surface area contributed by atoms with Crippen LogP contribution < -0.4 is 0 Å². The Labute approximate surface area is 240 Å². The molecule has 1 atom stereocenters. The van der Waals surface area contributed by atoms with E-state index >= 15 is 0 Å². The van der Waals surface area contributed by atoms with E-state index in [9.17, 15) is 4.79 Å². The van der Waals surface area contributed by atoms with Gasteiger partial charge in [0.25, 0.3) is 0 Å². The molecular weight excluding hydrogens is 464 g/mol. The molecule has 2 nitrogen and oxygen atoms in total. The predicted octanol–water partition coefficient (Wildman–Crippen LogP) is 12.8. The number of ether oxygens (including phenoxy) is 1. The van der Waals surface area contributed by atoms with Crippen LogP contribution in [-0.2, 0) is 9.53 Å². The molecule has 0 saturated heterocycles.